The third kappa shape index (κ3) is 2.68. The first-order valence-electron chi connectivity index (χ1n) is 5.35. The number of nitrogens with zero attached hydrogens (tertiary/aromatic N) is 2. The van der Waals surface area contributed by atoms with Gasteiger partial charge in [0, 0.05) is 12.0 Å². The van der Waals surface area contributed by atoms with Gasteiger partial charge in [0.05, 0.1) is 0 Å². The third-order valence-corrected chi connectivity index (χ3v) is 3.05. The first kappa shape index (κ1) is 13.3. The second-order valence-corrected chi connectivity index (χ2v) is 5.51. The van der Waals surface area contributed by atoms with Crippen molar-refractivity contribution in [2.75, 3.05) is 12.8 Å². The molecule has 6 heteroatoms. The van der Waals surface area contributed by atoms with Gasteiger partial charge in [0.2, 0.25) is 0 Å². The predicted molar refractivity (Wildman–Crippen MR) is 71.6 cm³/mol. The summed E-state index contributed by atoms with van der Waals surface area (Å²) in [4.78, 5) is 8.80. The van der Waals surface area contributed by atoms with Gasteiger partial charge in [-0.05, 0) is 13.2 Å². The van der Waals surface area contributed by atoms with E-state index in [1.165, 1.54) is 11.8 Å². The quantitative estimate of drug-likeness (QED) is 0.640. The summed E-state index contributed by atoms with van der Waals surface area (Å²) in [6.45, 7) is 8.84. The first-order valence-corrected chi connectivity index (χ1v) is 6.57. The van der Waals surface area contributed by atoms with E-state index in [1.54, 1.807) is 0 Å². The lowest BCUT2D eigenvalue weighted by atomic mass is 9.87. The minimum absolute atomic E-state index is 0.190. The minimum atomic E-state index is -0.815. The Morgan fingerprint density at radius 1 is 1.50 bits per heavy atom. The molecule has 1 unspecified atom stereocenters. The Hall–Kier alpha value is -0.750. The highest BCUT2D eigenvalue weighted by Crippen LogP contribution is 2.29. The number of nitrogens with one attached hydrogen (secondary N) is 2. The largest absolute Gasteiger partial charge is 0.319 e. The standard InChI is InChI=1S/C10H21N5S/c1-6-12-7-13-8(16-5)15-10(11,14-7)9(2,3)4/h6,11H2,1-5H3,(H2,12,13,14,15). The molecular formula is C10H21N5S. The molecule has 0 radical (unpaired) electrons. The highest BCUT2D eigenvalue weighted by molar-refractivity contribution is 8.13. The van der Waals surface area contributed by atoms with E-state index in [9.17, 15) is 0 Å². The Balaban J connectivity index is 3.07. The molecule has 1 atom stereocenters. The van der Waals surface area contributed by atoms with Crippen LogP contribution in [0.15, 0.2) is 9.98 Å². The van der Waals surface area contributed by atoms with Gasteiger partial charge in [-0.15, -0.1) is 0 Å². The van der Waals surface area contributed by atoms with Crippen LogP contribution in [0.4, 0.5) is 0 Å². The zero-order chi connectivity index (χ0) is 12.4. The summed E-state index contributed by atoms with van der Waals surface area (Å²) in [5.74, 6) is -0.121. The molecule has 92 valence electrons. The van der Waals surface area contributed by atoms with Gasteiger partial charge in [-0.1, -0.05) is 32.5 Å². The van der Waals surface area contributed by atoms with Crippen LogP contribution in [-0.2, 0) is 0 Å². The van der Waals surface area contributed by atoms with Crippen molar-refractivity contribution in [3.05, 3.63) is 0 Å². The monoisotopic (exact) mass is 243 g/mol. The van der Waals surface area contributed by atoms with Crippen molar-refractivity contribution in [3.8, 4) is 0 Å². The normalized spacial score (nSPS) is 28.4. The summed E-state index contributed by atoms with van der Waals surface area (Å²) < 4.78 is 0. The van der Waals surface area contributed by atoms with Crippen molar-refractivity contribution in [1.29, 1.82) is 0 Å². The van der Waals surface area contributed by atoms with E-state index in [1.807, 2.05) is 13.2 Å². The zero-order valence-corrected chi connectivity index (χ0v) is 11.4. The molecule has 1 rings (SSSR count). The van der Waals surface area contributed by atoms with Gasteiger partial charge in [0.25, 0.3) is 0 Å². The Kier molecular flexibility index (Phi) is 3.85. The van der Waals surface area contributed by atoms with Crippen molar-refractivity contribution < 1.29 is 0 Å². The van der Waals surface area contributed by atoms with Crippen LogP contribution in [0.3, 0.4) is 0 Å². The fourth-order valence-electron chi connectivity index (χ4n) is 1.22. The maximum absolute atomic E-state index is 6.29. The van der Waals surface area contributed by atoms with E-state index >= 15 is 0 Å². The van der Waals surface area contributed by atoms with Gasteiger partial charge >= 0.3 is 0 Å². The highest BCUT2D eigenvalue weighted by Gasteiger charge is 2.41. The van der Waals surface area contributed by atoms with Crippen LogP contribution in [0.25, 0.3) is 0 Å². The van der Waals surface area contributed by atoms with E-state index in [4.69, 9.17) is 5.73 Å². The van der Waals surface area contributed by atoms with Crippen LogP contribution >= 0.6 is 11.8 Å². The van der Waals surface area contributed by atoms with Crippen molar-refractivity contribution in [2.45, 2.75) is 33.5 Å². The molecule has 0 saturated heterocycles. The lowest BCUT2D eigenvalue weighted by Crippen LogP contribution is -2.68. The molecule has 0 aliphatic carbocycles. The molecule has 0 amide bonds. The van der Waals surface area contributed by atoms with Crippen molar-refractivity contribution in [3.63, 3.8) is 0 Å². The van der Waals surface area contributed by atoms with Crippen molar-refractivity contribution >= 4 is 22.9 Å². The molecule has 0 aromatic carbocycles. The molecule has 4 N–H and O–H groups in total. The highest BCUT2D eigenvalue weighted by atomic mass is 32.2. The van der Waals surface area contributed by atoms with Crippen LogP contribution in [0.2, 0.25) is 0 Å². The Labute approximate surface area is 101 Å². The minimum Gasteiger partial charge on any atom is -0.319 e. The van der Waals surface area contributed by atoms with Crippen molar-refractivity contribution in [1.82, 2.24) is 10.6 Å². The summed E-state index contributed by atoms with van der Waals surface area (Å²) in [7, 11) is 0. The van der Waals surface area contributed by atoms with E-state index in [2.05, 4.69) is 41.4 Å². The van der Waals surface area contributed by atoms with Gasteiger partial charge < -0.3 is 10.6 Å². The molecular weight excluding hydrogens is 222 g/mol. The molecule has 0 aromatic rings. The zero-order valence-electron chi connectivity index (χ0n) is 10.6. The molecule has 1 aliphatic rings. The van der Waals surface area contributed by atoms with E-state index in [0.29, 0.717) is 12.5 Å². The lowest BCUT2D eigenvalue weighted by Gasteiger charge is -2.42. The predicted octanol–water partition coefficient (Wildman–Crippen LogP) is 0.933. The Morgan fingerprint density at radius 3 is 2.56 bits per heavy atom. The van der Waals surface area contributed by atoms with Crippen LogP contribution in [-0.4, -0.2) is 29.7 Å². The number of aliphatic imine (C=N–C) groups is 2. The molecule has 0 saturated carbocycles. The fraction of sp³-hybridized carbons (Fsp3) is 0.800. The second kappa shape index (κ2) is 4.63. The van der Waals surface area contributed by atoms with Crippen molar-refractivity contribution in [2.24, 2.45) is 21.1 Å². The molecule has 16 heavy (non-hydrogen) atoms. The Morgan fingerprint density at radius 2 is 2.12 bits per heavy atom. The molecule has 0 fully saturated rings. The van der Waals surface area contributed by atoms with Gasteiger partial charge in [-0.2, -0.15) is 0 Å². The van der Waals surface area contributed by atoms with Crippen LogP contribution in [0.5, 0.6) is 0 Å². The Bertz CT molecular complexity index is 318. The molecule has 1 aliphatic heterocycles. The van der Waals surface area contributed by atoms with E-state index < -0.39 is 5.79 Å². The maximum atomic E-state index is 6.29. The van der Waals surface area contributed by atoms with Crippen LogP contribution in [0, 0.1) is 5.41 Å². The van der Waals surface area contributed by atoms with Crippen LogP contribution < -0.4 is 16.4 Å². The van der Waals surface area contributed by atoms with Gasteiger partial charge in [0.1, 0.15) is 0 Å². The average Bonchev–Trinajstić information content (AvgIpc) is 2.15. The van der Waals surface area contributed by atoms with Gasteiger partial charge in [-0.25, -0.2) is 4.99 Å². The number of hydrogen-bond acceptors (Lipinski definition) is 4. The fourth-order valence-corrected chi connectivity index (χ4v) is 1.65. The van der Waals surface area contributed by atoms with E-state index in [-0.39, 0.29) is 5.41 Å². The summed E-state index contributed by atoms with van der Waals surface area (Å²) in [6, 6.07) is 0. The summed E-state index contributed by atoms with van der Waals surface area (Å²) in [5.41, 5.74) is 6.10. The molecule has 0 bridgehead atoms. The summed E-state index contributed by atoms with van der Waals surface area (Å²) in [6.07, 6.45) is 1.96. The SMILES string of the molecule is CCN=C1NC(SC)=NC(N)(C(C)(C)C)N1. The number of guanidine groups is 1. The number of hydrogen-bond donors (Lipinski definition) is 3. The molecule has 0 spiro atoms. The van der Waals surface area contributed by atoms with Crippen LogP contribution in [0.1, 0.15) is 27.7 Å². The number of rotatable bonds is 1. The molecule has 5 nitrogen and oxygen atoms in total. The van der Waals surface area contributed by atoms with Gasteiger partial charge in [0.15, 0.2) is 16.9 Å². The molecule has 1 heterocycles. The topological polar surface area (TPSA) is 74.8 Å². The number of nitrogens with two attached hydrogens (primary N) is 1. The maximum Gasteiger partial charge on any atom is 0.200 e. The summed E-state index contributed by atoms with van der Waals surface area (Å²) >= 11 is 1.53. The second-order valence-electron chi connectivity index (χ2n) is 4.71. The first-order chi connectivity index (χ1) is 7.32. The number of amidine groups is 1. The third-order valence-electron chi connectivity index (χ3n) is 2.47. The summed E-state index contributed by atoms with van der Waals surface area (Å²) in [5, 5.41) is 7.05. The lowest BCUT2D eigenvalue weighted by molar-refractivity contribution is 0.174. The smallest absolute Gasteiger partial charge is 0.200 e. The number of thioether (sulfide) groups is 1. The van der Waals surface area contributed by atoms with E-state index in [0.717, 1.165) is 5.17 Å². The molecule has 0 aromatic heterocycles. The average molecular weight is 243 g/mol. The van der Waals surface area contributed by atoms with Gasteiger partial charge in [-0.3, -0.25) is 10.7 Å².